The Morgan fingerprint density at radius 3 is 2.41 bits per heavy atom. The molecule has 1 aromatic carbocycles. The van der Waals surface area contributed by atoms with E-state index in [0.29, 0.717) is 0 Å². The van der Waals surface area contributed by atoms with Gasteiger partial charge in [0.1, 0.15) is 0 Å². The van der Waals surface area contributed by atoms with Crippen LogP contribution in [0.4, 0.5) is 17.1 Å². The molecule has 0 saturated carbocycles. The molecule has 0 heterocycles. The van der Waals surface area contributed by atoms with Crippen LogP contribution in [0.25, 0.3) is 11.1 Å². The zero-order valence-corrected chi connectivity index (χ0v) is 12.2. The SMILES string of the molecule is CC(=O)Nc1ccc(N=Nc2ccc3cccccc2-3)cc1. The van der Waals surface area contributed by atoms with E-state index in [1.165, 1.54) is 6.92 Å². The summed E-state index contributed by atoms with van der Waals surface area (Å²) in [5.74, 6) is -0.0921. The Bertz CT molecular complexity index is 794. The first kappa shape index (κ1) is 13.9. The van der Waals surface area contributed by atoms with Crippen LogP contribution in [0.15, 0.2) is 77.0 Å². The number of hydrogen-bond acceptors (Lipinski definition) is 3. The molecule has 4 nitrogen and oxygen atoms in total. The topological polar surface area (TPSA) is 53.8 Å². The first-order valence-electron chi connectivity index (χ1n) is 6.99. The molecule has 0 fully saturated rings. The van der Waals surface area contributed by atoms with Crippen LogP contribution >= 0.6 is 0 Å². The third-order valence-corrected chi connectivity index (χ3v) is 3.23. The highest BCUT2D eigenvalue weighted by molar-refractivity contribution is 5.88. The minimum absolute atomic E-state index is 0.0921. The molecule has 0 radical (unpaired) electrons. The third-order valence-electron chi connectivity index (χ3n) is 3.23. The number of nitrogens with zero attached hydrogens (tertiary/aromatic N) is 2. The maximum absolute atomic E-state index is 11.0. The van der Waals surface area contributed by atoms with Crippen LogP contribution in [-0.4, -0.2) is 5.91 Å². The third kappa shape index (κ3) is 3.17. The number of carbonyl (C=O) groups is 1. The standard InChI is InChI=1S/C18H15N3O/c1-13(22)19-15-8-10-16(11-9-15)20-21-18-12-7-14-5-3-2-4-6-17(14)18/h2-12H,1H3,(H,19,22). The van der Waals surface area contributed by atoms with E-state index in [2.05, 4.69) is 21.6 Å². The molecule has 0 aromatic heterocycles. The fourth-order valence-corrected chi connectivity index (χ4v) is 2.21. The summed E-state index contributed by atoms with van der Waals surface area (Å²) in [6, 6.07) is 21.3. The second kappa shape index (κ2) is 6.18. The molecule has 4 heteroatoms. The molecule has 3 rings (SSSR count). The molecule has 22 heavy (non-hydrogen) atoms. The molecule has 1 aromatic rings. The number of rotatable bonds is 3. The Hall–Kier alpha value is -3.01. The number of anilines is 1. The van der Waals surface area contributed by atoms with Crippen molar-refractivity contribution < 1.29 is 4.79 Å². The predicted octanol–water partition coefficient (Wildman–Crippen LogP) is 5.17. The smallest absolute Gasteiger partial charge is 0.221 e. The minimum Gasteiger partial charge on any atom is -0.326 e. The average molecular weight is 289 g/mol. The lowest BCUT2D eigenvalue weighted by atomic mass is 10.2. The molecular formula is C18H15N3O. The molecule has 1 N–H and O–H groups in total. The van der Waals surface area contributed by atoms with Crippen molar-refractivity contribution in [2.75, 3.05) is 5.32 Å². The van der Waals surface area contributed by atoms with E-state index >= 15 is 0 Å². The van der Waals surface area contributed by atoms with Crippen molar-refractivity contribution in [2.24, 2.45) is 10.2 Å². The zero-order valence-electron chi connectivity index (χ0n) is 12.2. The summed E-state index contributed by atoms with van der Waals surface area (Å²) >= 11 is 0. The second-order valence-electron chi connectivity index (χ2n) is 4.93. The first-order valence-corrected chi connectivity index (χ1v) is 6.99. The van der Waals surface area contributed by atoms with Gasteiger partial charge < -0.3 is 5.32 Å². The molecule has 1 amide bonds. The molecule has 0 atom stereocenters. The van der Waals surface area contributed by atoms with Crippen molar-refractivity contribution in [3.05, 3.63) is 66.7 Å². The highest BCUT2D eigenvalue weighted by Crippen LogP contribution is 2.34. The fraction of sp³-hybridized carbons (Fsp3) is 0.0556. The number of amides is 1. The van der Waals surface area contributed by atoms with E-state index in [9.17, 15) is 4.79 Å². The predicted molar refractivity (Wildman–Crippen MR) is 88.0 cm³/mol. The van der Waals surface area contributed by atoms with Gasteiger partial charge in [-0.2, -0.15) is 5.11 Å². The lowest BCUT2D eigenvalue weighted by molar-refractivity contribution is -0.114. The number of hydrogen-bond donors (Lipinski definition) is 1. The van der Waals surface area contributed by atoms with Crippen LogP contribution in [-0.2, 0) is 4.79 Å². The van der Waals surface area contributed by atoms with Crippen molar-refractivity contribution in [3.63, 3.8) is 0 Å². The summed E-state index contributed by atoms with van der Waals surface area (Å²) in [6.45, 7) is 1.48. The number of carbonyl (C=O) groups excluding carboxylic acids is 1. The van der Waals surface area contributed by atoms with Gasteiger partial charge in [-0.1, -0.05) is 36.4 Å². The van der Waals surface area contributed by atoms with Crippen LogP contribution in [0.3, 0.4) is 0 Å². The van der Waals surface area contributed by atoms with E-state index in [1.54, 1.807) is 12.1 Å². The lowest BCUT2D eigenvalue weighted by Gasteiger charge is -2.01. The van der Waals surface area contributed by atoms with Gasteiger partial charge in [0.05, 0.1) is 11.4 Å². The number of benzene rings is 1. The maximum atomic E-state index is 11.0. The Morgan fingerprint density at radius 2 is 1.64 bits per heavy atom. The molecule has 0 unspecified atom stereocenters. The van der Waals surface area contributed by atoms with Crippen LogP contribution in [0.2, 0.25) is 0 Å². The lowest BCUT2D eigenvalue weighted by Crippen LogP contribution is -2.04. The van der Waals surface area contributed by atoms with E-state index in [-0.39, 0.29) is 5.91 Å². The van der Waals surface area contributed by atoms with Gasteiger partial charge in [-0.15, -0.1) is 5.11 Å². The highest BCUT2D eigenvalue weighted by Gasteiger charge is 2.06. The zero-order chi connectivity index (χ0) is 15.4. The second-order valence-corrected chi connectivity index (χ2v) is 4.93. The van der Waals surface area contributed by atoms with Crippen molar-refractivity contribution in [1.82, 2.24) is 0 Å². The molecule has 108 valence electrons. The van der Waals surface area contributed by atoms with Crippen LogP contribution in [0, 0.1) is 0 Å². The molecule has 2 aliphatic rings. The number of fused-ring (bicyclic) bond motifs is 1. The van der Waals surface area contributed by atoms with Gasteiger partial charge in [0.2, 0.25) is 5.91 Å². The number of azo groups is 1. The van der Waals surface area contributed by atoms with Gasteiger partial charge in [0.15, 0.2) is 0 Å². The van der Waals surface area contributed by atoms with Crippen LogP contribution < -0.4 is 5.32 Å². The summed E-state index contributed by atoms with van der Waals surface area (Å²) < 4.78 is 0. The van der Waals surface area contributed by atoms with E-state index in [1.807, 2.05) is 48.5 Å². The van der Waals surface area contributed by atoms with Gasteiger partial charge in [-0.3, -0.25) is 4.79 Å². The van der Waals surface area contributed by atoms with Gasteiger partial charge in [-0.05, 0) is 35.9 Å². The van der Waals surface area contributed by atoms with Crippen molar-refractivity contribution in [3.8, 4) is 11.1 Å². The quantitative estimate of drug-likeness (QED) is 0.665. The summed E-state index contributed by atoms with van der Waals surface area (Å²) in [7, 11) is 0. The Labute approximate surface area is 128 Å². The van der Waals surface area contributed by atoms with Crippen molar-refractivity contribution >= 4 is 23.0 Å². The van der Waals surface area contributed by atoms with Crippen LogP contribution in [0.1, 0.15) is 6.92 Å². The van der Waals surface area contributed by atoms with Crippen molar-refractivity contribution in [2.45, 2.75) is 6.92 Å². The minimum atomic E-state index is -0.0921. The maximum Gasteiger partial charge on any atom is 0.221 e. The molecule has 0 aliphatic heterocycles. The Morgan fingerprint density at radius 1 is 0.864 bits per heavy atom. The Kier molecular flexibility index (Phi) is 3.92. The summed E-state index contributed by atoms with van der Waals surface area (Å²) in [6.07, 6.45) is 0. The van der Waals surface area contributed by atoms with Gasteiger partial charge in [-0.25, -0.2) is 0 Å². The molecular weight excluding hydrogens is 274 g/mol. The van der Waals surface area contributed by atoms with Gasteiger partial charge >= 0.3 is 0 Å². The van der Waals surface area contributed by atoms with E-state index in [4.69, 9.17) is 0 Å². The summed E-state index contributed by atoms with van der Waals surface area (Å²) in [4.78, 5) is 11.0. The highest BCUT2D eigenvalue weighted by atomic mass is 16.1. The van der Waals surface area contributed by atoms with Crippen LogP contribution in [0.5, 0.6) is 0 Å². The number of nitrogens with one attached hydrogen (secondary N) is 1. The summed E-state index contributed by atoms with van der Waals surface area (Å²) in [5, 5.41) is 11.3. The average Bonchev–Trinajstić information content (AvgIpc) is 2.73. The van der Waals surface area contributed by atoms with E-state index < -0.39 is 0 Å². The monoisotopic (exact) mass is 289 g/mol. The Balaban J connectivity index is 1.80. The largest absolute Gasteiger partial charge is 0.326 e. The molecule has 0 bridgehead atoms. The first-order chi connectivity index (χ1) is 10.7. The van der Waals surface area contributed by atoms with E-state index in [0.717, 1.165) is 28.2 Å². The fourth-order valence-electron chi connectivity index (χ4n) is 2.21. The molecule has 2 aliphatic carbocycles. The molecule has 0 spiro atoms. The van der Waals surface area contributed by atoms with Crippen molar-refractivity contribution in [1.29, 1.82) is 0 Å². The van der Waals surface area contributed by atoms with Gasteiger partial charge in [0.25, 0.3) is 0 Å². The van der Waals surface area contributed by atoms with Gasteiger partial charge in [0, 0.05) is 18.2 Å². The summed E-state index contributed by atoms with van der Waals surface area (Å²) in [5.41, 5.74) is 4.54. The molecule has 0 saturated heterocycles. The normalized spacial score (nSPS) is 11.0.